The van der Waals surface area contributed by atoms with E-state index in [2.05, 4.69) is 37.2 Å². The molecule has 82 valence electrons. The van der Waals surface area contributed by atoms with E-state index >= 15 is 0 Å². The summed E-state index contributed by atoms with van der Waals surface area (Å²) in [6.07, 6.45) is 0. The molecule has 2 aromatic rings. The highest BCUT2D eigenvalue weighted by atomic mass is 79.9. The number of rotatable bonds is 2. The Morgan fingerprint density at radius 2 is 1.69 bits per heavy atom. The summed E-state index contributed by atoms with van der Waals surface area (Å²) in [5, 5.41) is 3.27. The molecule has 0 aliphatic rings. The fourth-order valence-corrected chi connectivity index (χ4v) is 2.49. The van der Waals surface area contributed by atoms with E-state index in [1.54, 1.807) is 0 Å². The van der Waals surface area contributed by atoms with Crippen LogP contribution in [0.25, 0.3) is 0 Å². The lowest BCUT2D eigenvalue weighted by Crippen LogP contribution is -1.96. The number of hydrogen-bond donors (Lipinski definition) is 2. The van der Waals surface area contributed by atoms with Crippen molar-refractivity contribution in [2.75, 3.05) is 11.1 Å². The Balaban J connectivity index is 2.31. The van der Waals surface area contributed by atoms with E-state index < -0.39 is 0 Å². The van der Waals surface area contributed by atoms with Gasteiger partial charge in [0.25, 0.3) is 0 Å². The van der Waals surface area contributed by atoms with Gasteiger partial charge in [0.2, 0.25) is 0 Å². The van der Waals surface area contributed by atoms with Crippen LogP contribution in [0.15, 0.2) is 51.4 Å². The standard InChI is InChI=1S/C12H10Br2N2/c13-8-5-6-11(9(14)7-8)16-12-4-2-1-3-10(12)15/h1-7,16H,15H2. The number of anilines is 3. The Bertz CT molecular complexity index is 512. The van der Waals surface area contributed by atoms with Gasteiger partial charge in [-0.05, 0) is 46.3 Å². The van der Waals surface area contributed by atoms with Crippen molar-refractivity contribution >= 4 is 48.9 Å². The van der Waals surface area contributed by atoms with Crippen LogP contribution in [0, 0.1) is 0 Å². The third-order valence-electron chi connectivity index (χ3n) is 2.16. The van der Waals surface area contributed by atoms with E-state index in [-0.39, 0.29) is 0 Å². The van der Waals surface area contributed by atoms with Crippen LogP contribution in [-0.2, 0) is 0 Å². The number of benzene rings is 2. The first-order chi connectivity index (χ1) is 7.66. The third-order valence-corrected chi connectivity index (χ3v) is 3.31. The Labute approximate surface area is 111 Å². The van der Waals surface area contributed by atoms with Crippen molar-refractivity contribution in [1.82, 2.24) is 0 Å². The molecule has 0 bridgehead atoms. The molecule has 0 amide bonds. The van der Waals surface area contributed by atoms with Crippen LogP contribution in [0.5, 0.6) is 0 Å². The summed E-state index contributed by atoms with van der Waals surface area (Å²) in [4.78, 5) is 0. The number of nitrogens with one attached hydrogen (secondary N) is 1. The lowest BCUT2D eigenvalue weighted by Gasteiger charge is -2.10. The van der Waals surface area contributed by atoms with E-state index in [9.17, 15) is 0 Å². The van der Waals surface area contributed by atoms with Crippen molar-refractivity contribution in [3.8, 4) is 0 Å². The highest BCUT2D eigenvalue weighted by molar-refractivity contribution is 9.11. The average Bonchev–Trinajstić information content (AvgIpc) is 2.25. The van der Waals surface area contributed by atoms with Crippen LogP contribution in [0.4, 0.5) is 17.1 Å². The fourth-order valence-electron chi connectivity index (χ4n) is 1.35. The zero-order valence-electron chi connectivity index (χ0n) is 8.37. The molecule has 2 rings (SSSR count). The molecule has 0 unspecified atom stereocenters. The second-order valence-electron chi connectivity index (χ2n) is 3.34. The summed E-state index contributed by atoms with van der Waals surface area (Å²) in [6.45, 7) is 0. The van der Waals surface area contributed by atoms with Gasteiger partial charge in [0.05, 0.1) is 17.1 Å². The van der Waals surface area contributed by atoms with Gasteiger partial charge in [-0.2, -0.15) is 0 Å². The highest BCUT2D eigenvalue weighted by Crippen LogP contribution is 2.30. The quantitative estimate of drug-likeness (QED) is 0.787. The van der Waals surface area contributed by atoms with Crippen molar-refractivity contribution in [2.24, 2.45) is 0 Å². The molecule has 4 heteroatoms. The van der Waals surface area contributed by atoms with E-state index in [0.29, 0.717) is 0 Å². The molecule has 0 radical (unpaired) electrons. The van der Waals surface area contributed by atoms with E-state index in [1.807, 2.05) is 42.5 Å². The van der Waals surface area contributed by atoms with Crippen LogP contribution in [0.2, 0.25) is 0 Å². The van der Waals surface area contributed by atoms with Gasteiger partial charge in [0.1, 0.15) is 0 Å². The number of para-hydroxylation sites is 2. The molecular formula is C12H10Br2N2. The Morgan fingerprint density at radius 3 is 2.38 bits per heavy atom. The van der Waals surface area contributed by atoms with Crippen LogP contribution >= 0.6 is 31.9 Å². The minimum Gasteiger partial charge on any atom is -0.397 e. The smallest absolute Gasteiger partial charge is 0.0618 e. The molecule has 0 aliphatic heterocycles. The Kier molecular flexibility index (Phi) is 3.51. The first-order valence-electron chi connectivity index (χ1n) is 4.73. The summed E-state index contributed by atoms with van der Waals surface area (Å²) in [5.74, 6) is 0. The maximum atomic E-state index is 5.86. The summed E-state index contributed by atoms with van der Waals surface area (Å²) in [5.41, 5.74) is 8.49. The van der Waals surface area contributed by atoms with Gasteiger partial charge in [-0.25, -0.2) is 0 Å². The van der Waals surface area contributed by atoms with Gasteiger partial charge in [0, 0.05) is 8.95 Å². The number of nitrogens with two attached hydrogens (primary N) is 1. The molecule has 0 saturated carbocycles. The van der Waals surface area contributed by atoms with Crippen LogP contribution in [0.3, 0.4) is 0 Å². The molecule has 2 nitrogen and oxygen atoms in total. The molecular weight excluding hydrogens is 332 g/mol. The van der Waals surface area contributed by atoms with Crippen molar-refractivity contribution in [2.45, 2.75) is 0 Å². The second kappa shape index (κ2) is 4.89. The average molecular weight is 342 g/mol. The molecule has 0 spiro atoms. The molecule has 0 fully saturated rings. The molecule has 0 aliphatic carbocycles. The number of hydrogen-bond acceptors (Lipinski definition) is 2. The first kappa shape index (κ1) is 11.5. The predicted molar refractivity (Wildman–Crippen MR) is 76.0 cm³/mol. The zero-order chi connectivity index (χ0) is 11.5. The summed E-state index contributed by atoms with van der Waals surface area (Å²) in [7, 11) is 0. The number of halogens is 2. The topological polar surface area (TPSA) is 38.0 Å². The van der Waals surface area contributed by atoms with E-state index in [1.165, 1.54) is 0 Å². The second-order valence-corrected chi connectivity index (χ2v) is 5.11. The number of nitrogen functional groups attached to an aromatic ring is 1. The van der Waals surface area contributed by atoms with Gasteiger partial charge in [-0.15, -0.1) is 0 Å². The Hall–Kier alpha value is -1.000. The van der Waals surface area contributed by atoms with Gasteiger partial charge < -0.3 is 11.1 Å². The molecule has 0 saturated heterocycles. The SMILES string of the molecule is Nc1ccccc1Nc1ccc(Br)cc1Br. The lowest BCUT2D eigenvalue weighted by atomic mass is 10.2. The monoisotopic (exact) mass is 340 g/mol. The zero-order valence-corrected chi connectivity index (χ0v) is 11.5. The van der Waals surface area contributed by atoms with Gasteiger partial charge in [0.15, 0.2) is 0 Å². The summed E-state index contributed by atoms with van der Waals surface area (Å²) < 4.78 is 2.02. The van der Waals surface area contributed by atoms with Crippen molar-refractivity contribution in [3.63, 3.8) is 0 Å². The highest BCUT2D eigenvalue weighted by Gasteiger charge is 2.02. The third kappa shape index (κ3) is 2.57. The fraction of sp³-hybridized carbons (Fsp3) is 0. The largest absolute Gasteiger partial charge is 0.397 e. The molecule has 0 aromatic heterocycles. The summed E-state index contributed by atoms with van der Waals surface area (Å²) in [6, 6.07) is 13.6. The normalized spacial score (nSPS) is 10.1. The molecule has 0 heterocycles. The van der Waals surface area contributed by atoms with E-state index in [0.717, 1.165) is 26.0 Å². The molecule has 0 atom stereocenters. The minimum atomic E-state index is 0.734. The molecule has 2 aromatic carbocycles. The summed E-state index contributed by atoms with van der Waals surface area (Å²) >= 11 is 6.91. The van der Waals surface area contributed by atoms with Crippen LogP contribution in [0.1, 0.15) is 0 Å². The van der Waals surface area contributed by atoms with Gasteiger partial charge >= 0.3 is 0 Å². The van der Waals surface area contributed by atoms with Crippen LogP contribution in [-0.4, -0.2) is 0 Å². The molecule has 3 N–H and O–H groups in total. The first-order valence-corrected chi connectivity index (χ1v) is 6.32. The van der Waals surface area contributed by atoms with Gasteiger partial charge in [-0.3, -0.25) is 0 Å². The maximum Gasteiger partial charge on any atom is 0.0618 e. The molecule has 16 heavy (non-hydrogen) atoms. The Morgan fingerprint density at radius 1 is 0.938 bits per heavy atom. The predicted octanol–water partition coefficient (Wildman–Crippen LogP) is 4.54. The van der Waals surface area contributed by atoms with Crippen molar-refractivity contribution in [1.29, 1.82) is 0 Å². The van der Waals surface area contributed by atoms with Gasteiger partial charge in [-0.1, -0.05) is 28.1 Å². The van der Waals surface area contributed by atoms with Crippen molar-refractivity contribution in [3.05, 3.63) is 51.4 Å². The maximum absolute atomic E-state index is 5.86. The minimum absolute atomic E-state index is 0.734. The van der Waals surface area contributed by atoms with E-state index in [4.69, 9.17) is 5.73 Å². The van der Waals surface area contributed by atoms with Crippen LogP contribution < -0.4 is 11.1 Å². The lowest BCUT2D eigenvalue weighted by molar-refractivity contribution is 1.51. The van der Waals surface area contributed by atoms with Crippen molar-refractivity contribution < 1.29 is 0 Å².